The monoisotopic (exact) mass is 378 g/mol. The Morgan fingerprint density at radius 3 is 2.36 bits per heavy atom. The maximum atomic E-state index is 12.8. The molecular weight excluding hydrogens is 355 g/mol. The number of amides is 1. The largest absolute Gasteiger partial charge is 0.345 e. The van der Waals surface area contributed by atoms with Crippen LogP contribution in [0.2, 0.25) is 5.02 Å². The van der Waals surface area contributed by atoms with Gasteiger partial charge >= 0.3 is 0 Å². The van der Waals surface area contributed by atoms with Crippen LogP contribution in [0.4, 0.5) is 0 Å². The first-order chi connectivity index (χ1) is 11.7. The second-order valence-electron chi connectivity index (χ2n) is 6.44. The van der Waals surface area contributed by atoms with Gasteiger partial charge in [-0.3, -0.25) is 4.79 Å². The highest BCUT2D eigenvalue weighted by Gasteiger charge is 2.33. The number of hydrogen-bond donors (Lipinski definition) is 2. The van der Waals surface area contributed by atoms with Crippen LogP contribution >= 0.6 is 24.0 Å². The van der Waals surface area contributed by atoms with Crippen molar-refractivity contribution < 1.29 is 4.79 Å². The zero-order valence-electron chi connectivity index (χ0n) is 14.0. The number of nitrogens with two attached hydrogens (primary N) is 1. The summed E-state index contributed by atoms with van der Waals surface area (Å²) >= 11 is 6.01. The summed E-state index contributed by atoms with van der Waals surface area (Å²) in [7, 11) is 0. The molecule has 3 nitrogen and oxygen atoms in total. The van der Waals surface area contributed by atoms with Crippen LogP contribution < -0.4 is 11.1 Å². The standard InChI is InChI=1S/C20H23ClN2O.ClH/c21-17-11-9-15(10-12-17)19(14-5-2-1-3-6-14)23-20(24)18-8-4-7-16(18)13-22;/h1-3,5-6,9-12,16,18-19H,4,7-8,13,22H2,(H,23,24);1H/t16-,18-,19?;/m1./s1. The van der Waals surface area contributed by atoms with Gasteiger partial charge in [0, 0.05) is 10.9 Å². The number of nitrogens with one attached hydrogen (secondary N) is 1. The lowest BCUT2D eigenvalue weighted by molar-refractivity contribution is -0.126. The molecule has 1 fully saturated rings. The van der Waals surface area contributed by atoms with Gasteiger partial charge in [-0.2, -0.15) is 0 Å². The fourth-order valence-corrected chi connectivity index (χ4v) is 3.70. The van der Waals surface area contributed by atoms with Gasteiger partial charge in [0.2, 0.25) is 5.91 Å². The van der Waals surface area contributed by atoms with E-state index in [1.54, 1.807) is 0 Å². The molecule has 0 radical (unpaired) electrons. The Labute approximate surface area is 160 Å². The van der Waals surface area contributed by atoms with Gasteiger partial charge in [0.05, 0.1) is 6.04 Å². The second kappa shape index (κ2) is 9.23. The van der Waals surface area contributed by atoms with E-state index in [1.165, 1.54) is 0 Å². The first-order valence-electron chi connectivity index (χ1n) is 8.50. The van der Waals surface area contributed by atoms with Gasteiger partial charge in [-0.15, -0.1) is 12.4 Å². The maximum Gasteiger partial charge on any atom is 0.224 e. The Balaban J connectivity index is 0.00000225. The number of carbonyl (C=O) groups excluding carboxylic acids is 1. The van der Waals surface area contributed by atoms with Gasteiger partial charge in [-0.1, -0.05) is 60.5 Å². The predicted octanol–water partition coefficient (Wildman–Crippen LogP) is 4.34. The Hall–Kier alpha value is -1.55. The molecule has 2 aromatic rings. The van der Waals surface area contributed by atoms with Crippen molar-refractivity contribution >= 4 is 29.9 Å². The lowest BCUT2D eigenvalue weighted by atomic mass is 9.93. The van der Waals surface area contributed by atoms with Crippen LogP contribution in [0.25, 0.3) is 0 Å². The summed E-state index contributed by atoms with van der Waals surface area (Å²) in [5, 5.41) is 3.93. The molecule has 1 saturated carbocycles. The van der Waals surface area contributed by atoms with E-state index < -0.39 is 0 Å². The van der Waals surface area contributed by atoms with Crippen molar-refractivity contribution in [3.63, 3.8) is 0 Å². The number of halogens is 2. The summed E-state index contributed by atoms with van der Waals surface area (Å²) in [5.41, 5.74) is 7.93. The molecule has 0 heterocycles. The SMILES string of the molecule is Cl.NC[C@H]1CCC[C@H]1C(=O)NC(c1ccccc1)c1ccc(Cl)cc1. The first-order valence-corrected chi connectivity index (χ1v) is 8.87. The molecular formula is C20H24Cl2N2O. The summed E-state index contributed by atoms with van der Waals surface area (Å²) in [4.78, 5) is 12.8. The predicted molar refractivity (Wildman–Crippen MR) is 105 cm³/mol. The topological polar surface area (TPSA) is 55.1 Å². The summed E-state index contributed by atoms with van der Waals surface area (Å²) in [6.07, 6.45) is 3.05. The smallest absolute Gasteiger partial charge is 0.224 e. The van der Waals surface area contributed by atoms with Crippen LogP contribution in [-0.4, -0.2) is 12.5 Å². The van der Waals surface area contributed by atoms with E-state index in [0.29, 0.717) is 17.5 Å². The van der Waals surface area contributed by atoms with Crippen LogP contribution in [0.15, 0.2) is 54.6 Å². The van der Waals surface area contributed by atoms with Crippen LogP contribution in [0, 0.1) is 11.8 Å². The van der Waals surface area contributed by atoms with Crippen molar-refractivity contribution in [1.29, 1.82) is 0 Å². The molecule has 1 aliphatic carbocycles. The zero-order valence-corrected chi connectivity index (χ0v) is 15.6. The van der Waals surface area contributed by atoms with Crippen molar-refractivity contribution in [3.8, 4) is 0 Å². The van der Waals surface area contributed by atoms with Crippen LogP contribution in [0.3, 0.4) is 0 Å². The molecule has 3 N–H and O–H groups in total. The van der Waals surface area contributed by atoms with Crippen molar-refractivity contribution in [3.05, 3.63) is 70.7 Å². The summed E-state index contributed by atoms with van der Waals surface area (Å²) < 4.78 is 0. The van der Waals surface area contributed by atoms with E-state index in [9.17, 15) is 4.79 Å². The number of hydrogen-bond acceptors (Lipinski definition) is 2. The molecule has 0 aromatic heterocycles. The van der Waals surface area contributed by atoms with E-state index in [2.05, 4.69) is 5.32 Å². The second-order valence-corrected chi connectivity index (χ2v) is 6.87. The number of benzene rings is 2. The Morgan fingerprint density at radius 1 is 1.08 bits per heavy atom. The summed E-state index contributed by atoms with van der Waals surface area (Å²) in [6.45, 7) is 0.578. The lowest BCUT2D eigenvalue weighted by Gasteiger charge is -2.24. The van der Waals surface area contributed by atoms with Crippen molar-refractivity contribution in [2.24, 2.45) is 17.6 Å². The summed E-state index contributed by atoms with van der Waals surface area (Å²) in [5.74, 6) is 0.423. The number of carbonyl (C=O) groups is 1. The average Bonchev–Trinajstić information content (AvgIpc) is 3.10. The van der Waals surface area contributed by atoms with Crippen molar-refractivity contribution in [2.75, 3.05) is 6.54 Å². The molecule has 0 saturated heterocycles. The van der Waals surface area contributed by atoms with Crippen LogP contribution in [0.1, 0.15) is 36.4 Å². The Kier molecular flexibility index (Phi) is 7.30. The third kappa shape index (κ3) is 4.75. The lowest BCUT2D eigenvalue weighted by Crippen LogP contribution is -2.37. The maximum absolute atomic E-state index is 12.8. The van der Waals surface area contributed by atoms with E-state index in [-0.39, 0.29) is 30.3 Å². The van der Waals surface area contributed by atoms with E-state index >= 15 is 0 Å². The molecule has 3 atom stereocenters. The van der Waals surface area contributed by atoms with Gasteiger partial charge < -0.3 is 11.1 Å². The fraction of sp³-hybridized carbons (Fsp3) is 0.350. The molecule has 1 amide bonds. The highest BCUT2D eigenvalue weighted by molar-refractivity contribution is 6.30. The van der Waals surface area contributed by atoms with E-state index in [4.69, 9.17) is 17.3 Å². The molecule has 1 aliphatic rings. The molecule has 3 rings (SSSR count). The van der Waals surface area contributed by atoms with Crippen LogP contribution in [-0.2, 0) is 4.79 Å². The zero-order chi connectivity index (χ0) is 16.9. The summed E-state index contributed by atoms with van der Waals surface area (Å²) in [6, 6.07) is 17.5. The molecule has 0 spiro atoms. The first kappa shape index (κ1) is 19.8. The van der Waals surface area contributed by atoms with Gasteiger partial charge in [0.15, 0.2) is 0 Å². The molecule has 1 unspecified atom stereocenters. The Morgan fingerprint density at radius 2 is 1.72 bits per heavy atom. The average molecular weight is 379 g/mol. The van der Waals surface area contributed by atoms with Crippen LogP contribution in [0.5, 0.6) is 0 Å². The van der Waals surface area contributed by atoms with Crippen molar-refractivity contribution in [1.82, 2.24) is 5.32 Å². The van der Waals surface area contributed by atoms with Crippen molar-refractivity contribution in [2.45, 2.75) is 25.3 Å². The third-order valence-corrected chi connectivity index (χ3v) is 5.17. The highest BCUT2D eigenvalue weighted by Crippen LogP contribution is 2.32. The van der Waals surface area contributed by atoms with Gasteiger partial charge in [0.25, 0.3) is 0 Å². The van der Waals surface area contributed by atoms with E-state index in [1.807, 2.05) is 54.6 Å². The molecule has 5 heteroatoms. The Bertz CT molecular complexity index is 676. The van der Waals surface area contributed by atoms with Gasteiger partial charge in [-0.05, 0) is 48.6 Å². The van der Waals surface area contributed by atoms with Gasteiger partial charge in [-0.25, -0.2) is 0 Å². The molecule has 134 valence electrons. The minimum atomic E-state index is -0.171. The molecule has 0 aliphatic heterocycles. The fourth-order valence-electron chi connectivity index (χ4n) is 3.57. The minimum Gasteiger partial charge on any atom is -0.345 e. The highest BCUT2D eigenvalue weighted by atomic mass is 35.5. The van der Waals surface area contributed by atoms with Gasteiger partial charge in [0.1, 0.15) is 0 Å². The quantitative estimate of drug-likeness (QED) is 0.812. The normalized spacial score (nSPS) is 20.6. The number of rotatable bonds is 5. The molecule has 2 aromatic carbocycles. The van der Waals surface area contributed by atoms with E-state index in [0.717, 1.165) is 30.4 Å². The minimum absolute atomic E-state index is 0. The molecule has 25 heavy (non-hydrogen) atoms. The third-order valence-electron chi connectivity index (χ3n) is 4.92. The molecule has 0 bridgehead atoms.